The molecular formula is C24H23IN4O2S. The van der Waals surface area contributed by atoms with Crippen molar-refractivity contribution in [2.24, 2.45) is 5.10 Å². The number of halogens is 1. The molecule has 0 atom stereocenters. The van der Waals surface area contributed by atoms with Crippen LogP contribution in [0.25, 0.3) is 5.00 Å². The minimum atomic E-state index is -0.326. The lowest BCUT2D eigenvalue weighted by atomic mass is 9.96. The van der Waals surface area contributed by atoms with Crippen LogP contribution >= 0.6 is 33.9 Å². The highest BCUT2D eigenvalue weighted by atomic mass is 127. The normalized spacial score (nSPS) is 13.1. The lowest BCUT2D eigenvalue weighted by Crippen LogP contribution is -2.24. The lowest BCUT2D eigenvalue weighted by Gasteiger charge is -2.10. The zero-order valence-electron chi connectivity index (χ0n) is 17.9. The van der Waals surface area contributed by atoms with Gasteiger partial charge in [0.15, 0.2) is 6.61 Å². The summed E-state index contributed by atoms with van der Waals surface area (Å²) in [6.07, 6.45) is 6.01. The molecule has 4 rings (SSSR count). The maximum Gasteiger partial charge on any atom is 0.277 e. The van der Waals surface area contributed by atoms with Gasteiger partial charge in [-0.15, -0.1) is 11.3 Å². The molecule has 0 saturated heterocycles. The predicted molar refractivity (Wildman–Crippen MR) is 135 cm³/mol. The highest BCUT2D eigenvalue weighted by molar-refractivity contribution is 14.1. The quantitative estimate of drug-likeness (QED) is 0.262. The van der Waals surface area contributed by atoms with Crippen molar-refractivity contribution in [2.75, 3.05) is 6.61 Å². The summed E-state index contributed by atoms with van der Waals surface area (Å²) in [6, 6.07) is 12.0. The molecule has 0 aliphatic heterocycles. The maximum atomic E-state index is 12.1. The Hall–Kier alpha value is -2.64. The zero-order valence-corrected chi connectivity index (χ0v) is 20.9. The van der Waals surface area contributed by atoms with Gasteiger partial charge in [0.25, 0.3) is 5.91 Å². The summed E-state index contributed by atoms with van der Waals surface area (Å²) >= 11 is 3.89. The molecule has 0 saturated carbocycles. The number of ether oxygens (including phenoxy) is 1. The Bertz CT molecular complexity index is 1240. The largest absolute Gasteiger partial charge is 0.483 e. The van der Waals surface area contributed by atoms with E-state index in [2.05, 4.69) is 43.8 Å². The second-order valence-electron chi connectivity index (χ2n) is 7.68. The number of hydrogen-bond acceptors (Lipinski definition) is 5. The number of carbonyl (C=O) groups excluding carboxylic acids is 1. The van der Waals surface area contributed by atoms with Gasteiger partial charge in [0.2, 0.25) is 0 Å². The van der Waals surface area contributed by atoms with E-state index in [4.69, 9.17) is 4.74 Å². The molecule has 32 heavy (non-hydrogen) atoms. The molecule has 1 N–H and O–H groups in total. The van der Waals surface area contributed by atoms with Crippen molar-refractivity contribution in [3.8, 4) is 16.8 Å². The third-order valence-corrected chi connectivity index (χ3v) is 7.69. The predicted octanol–water partition coefficient (Wildman–Crippen LogP) is 5.04. The van der Waals surface area contributed by atoms with Crippen molar-refractivity contribution in [1.29, 1.82) is 5.26 Å². The van der Waals surface area contributed by atoms with Crippen LogP contribution in [0.5, 0.6) is 5.75 Å². The van der Waals surface area contributed by atoms with E-state index in [1.807, 2.05) is 44.2 Å². The van der Waals surface area contributed by atoms with Crippen LogP contribution in [-0.4, -0.2) is 23.3 Å². The first-order valence-electron chi connectivity index (χ1n) is 10.4. The number of hydrazone groups is 1. The fraction of sp³-hybridized carbons (Fsp3) is 0.292. The molecule has 1 amide bonds. The van der Waals surface area contributed by atoms with E-state index in [-0.39, 0.29) is 12.5 Å². The average Bonchev–Trinajstić information content (AvgIpc) is 3.29. The highest BCUT2D eigenvalue weighted by Gasteiger charge is 2.23. The second-order valence-corrected chi connectivity index (χ2v) is 9.92. The molecule has 3 aromatic rings. The number of para-hydroxylation sites is 1. The second kappa shape index (κ2) is 9.88. The van der Waals surface area contributed by atoms with Crippen molar-refractivity contribution in [3.63, 3.8) is 0 Å². The first-order valence-corrected chi connectivity index (χ1v) is 12.3. The number of nitriles is 1. The Morgan fingerprint density at radius 1 is 1.34 bits per heavy atom. The van der Waals surface area contributed by atoms with E-state index in [9.17, 15) is 10.1 Å². The maximum absolute atomic E-state index is 12.1. The van der Waals surface area contributed by atoms with Crippen LogP contribution in [-0.2, 0) is 17.6 Å². The van der Waals surface area contributed by atoms with Crippen LogP contribution in [0.2, 0.25) is 0 Å². The summed E-state index contributed by atoms with van der Waals surface area (Å²) in [5, 5.41) is 14.9. The fourth-order valence-corrected chi connectivity index (χ4v) is 5.96. The Labute approximate surface area is 205 Å². The number of rotatable bonds is 6. The van der Waals surface area contributed by atoms with Gasteiger partial charge in [0.1, 0.15) is 16.8 Å². The molecule has 1 aliphatic carbocycles. The van der Waals surface area contributed by atoms with Crippen LogP contribution in [0.3, 0.4) is 0 Å². The van der Waals surface area contributed by atoms with Gasteiger partial charge in [-0.2, -0.15) is 10.4 Å². The number of amides is 1. The summed E-state index contributed by atoms with van der Waals surface area (Å²) < 4.78 is 8.62. The summed E-state index contributed by atoms with van der Waals surface area (Å²) in [5.74, 6) is 0.343. The zero-order chi connectivity index (χ0) is 22.7. The highest BCUT2D eigenvalue weighted by Crippen LogP contribution is 2.38. The molecule has 0 fully saturated rings. The van der Waals surface area contributed by atoms with Gasteiger partial charge < -0.3 is 9.30 Å². The van der Waals surface area contributed by atoms with E-state index in [0.717, 1.165) is 50.3 Å². The fourth-order valence-electron chi connectivity index (χ4n) is 3.97. The van der Waals surface area contributed by atoms with Gasteiger partial charge in [-0.25, -0.2) is 5.43 Å². The summed E-state index contributed by atoms with van der Waals surface area (Å²) in [4.78, 5) is 13.4. The first-order chi connectivity index (χ1) is 15.5. The molecule has 0 radical (unpaired) electrons. The molecule has 0 spiro atoms. The van der Waals surface area contributed by atoms with Crippen molar-refractivity contribution >= 4 is 46.0 Å². The molecule has 2 heterocycles. The molecule has 8 heteroatoms. The van der Waals surface area contributed by atoms with Gasteiger partial charge in [0, 0.05) is 21.8 Å². The van der Waals surface area contributed by atoms with Crippen molar-refractivity contribution in [2.45, 2.75) is 39.5 Å². The van der Waals surface area contributed by atoms with E-state index < -0.39 is 0 Å². The molecule has 0 bridgehead atoms. The Morgan fingerprint density at radius 3 is 2.91 bits per heavy atom. The number of aromatic nitrogens is 1. The number of hydrogen-bond donors (Lipinski definition) is 1. The van der Waals surface area contributed by atoms with Gasteiger partial charge in [-0.3, -0.25) is 4.79 Å². The van der Waals surface area contributed by atoms with Gasteiger partial charge in [0.05, 0.1) is 15.3 Å². The molecule has 1 aliphatic rings. The van der Waals surface area contributed by atoms with E-state index >= 15 is 0 Å². The monoisotopic (exact) mass is 558 g/mol. The van der Waals surface area contributed by atoms with E-state index in [1.54, 1.807) is 17.6 Å². The number of aryl methyl sites for hydroxylation is 2. The summed E-state index contributed by atoms with van der Waals surface area (Å²) in [7, 11) is 0. The van der Waals surface area contributed by atoms with Crippen molar-refractivity contribution in [3.05, 3.63) is 66.9 Å². The summed E-state index contributed by atoms with van der Waals surface area (Å²) in [6.45, 7) is 3.93. The standard InChI is InChI=1S/C24H23IN4O2S/c1-15-11-17(13-27-28-23(30)14-31-21-9-5-4-8-20(21)25)16(2)29(15)24-19(12-26)18-7-3-6-10-22(18)32-24/h4-5,8-9,11,13H,3,6-7,10,14H2,1-2H3,(H,28,30)/b27-13-. The van der Waals surface area contributed by atoms with Gasteiger partial charge in [-0.1, -0.05) is 12.1 Å². The molecule has 1 aromatic carbocycles. The Morgan fingerprint density at radius 2 is 2.12 bits per heavy atom. The van der Waals surface area contributed by atoms with Crippen molar-refractivity contribution < 1.29 is 9.53 Å². The Kier molecular flexibility index (Phi) is 6.96. The van der Waals surface area contributed by atoms with Crippen LogP contribution in [0.15, 0.2) is 35.4 Å². The third kappa shape index (κ3) is 4.59. The SMILES string of the molecule is Cc1cc(/C=N\NC(=O)COc2ccccc2I)c(C)n1-c1sc2c(c1C#N)CCCC2. The smallest absolute Gasteiger partial charge is 0.277 e. The number of benzene rings is 1. The van der Waals surface area contributed by atoms with Gasteiger partial charge >= 0.3 is 0 Å². The van der Waals surface area contributed by atoms with E-state index in [1.165, 1.54) is 16.9 Å². The number of carbonyl (C=O) groups is 1. The molecule has 6 nitrogen and oxygen atoms in total. The number of thiophene rings is 1. The minimum Gasteiger partial charge on any atom is -0.483 e. The average molecular weight is 558 g/mol. The third-order valence-electron chi connectivity index (χ3n) is 5.53. The molecular weight excluding hydrogens is 535 g/mol. The first kappa shape index (κ1) is 22.6. The number of nitrogens with one attached hydrogen (secondary N) is 1. The van der Waals surface area contributed by atoms with Crippen molar-refractivity contribution in [1.82, 2.24) is 9.99 Å². The van der Waals surface area contributed by atoms with Crippen LogP contribution < -0.4 is 10.2 Å². The number of fused-ring (bicyclic) bond motifs is 1. The van der Waals surface area contributed by atoms with Crippen LogP contribution in [0, 0.1) is 28.7 Å². The topological polar surface area (TPSA) is 79.4 Å². The molecule has 164 valence electrons. The van der Waals surface area contributed by atoms with Crippen LogP contribution in [0.4, 0.5) is 0 Å². The minimum absolute atomic E-state index is 0.108. The van der Waals surface area contributed by atoms with Gasteiger partial charge in [-0.05, 0) is 85.9 Å². The summed E-state index contributed by atoms with van der Waals surface area (Å²) in [5.41, 5.74) is 7.47. The number of nitrogens with zero attached hydrogens (tertiary/aromatic N) is 3. The van der Waals surface area contributed by atoms with E-state index in [0.29, 0.717) is 5.75 Å². The molecule has 2 aromatic heterocycles. The Balaban J connectivity index is 1.47. The lowest BCUT2D eigenvalue weighted by molar-refractivity contribution is -0.123. The molecule has 0 unspecified atom stereocenters. The van der Waals surface area contributed by atoms with Crippen LogP contribution in [0.1, 0.15) is 45.8 Å².